The van der Waals surface area contributed by atoms with Crippen LogP contribution in [0.15, 0.2) is 18.2 Å². The zero-order chi connectivity index (χ0) is 16.7. The SMILES string of the molecule is CCc1ccc(C(=O)OCC(C)C)c(C(=O)OCC(C)C)c1. The molecule has 0 spiro atoms. The summed E-state index contributed by atoms with van der Waals surface area (Å²) in [5, 5.41) is 0. The Morgan fingerprint density at radius 1 is 0.909 bits per heavy atom. The average Bonchev–Trinajstić information content (AvgIpc) is 2.49. The Morgan fingerprint density at radius 2 is 1.41 bits per heavy atom. The Hall–Kier alpha value is -1.84. The molecule has 0 saturated heterocycles. The number of carbonyl (C=O) groups excluding carboxylic acids is 2. The zero-order valence-electron chi connectivity index (χ0n) is 14.1. The summed E-state index contributed by atoms with van der Waals surface area (Å²) in [4.78, 5) is 24.4. The second kappa shape index (κ2) is 8.57. The molecule has 0 radical (unpaired) electrons. The molecule has 1 aromatic rings. The maximum atomic E-state index is 12.3. The van der Waals surface area contributed by atoms with Crippen molar-refractivity contribution in [3.8, 4) is 0 Å². The van der Waals surface area contributed by atoms with Crippen LogP contribution in [-0.4, -0.2) is 25.2 Å². The quantitative estimate of drug-likeness (QED) is 0.717. The van der Waals surface area contributed by atoms with Crippen LogP contribution in [0.5, 0.6) is 0 Å². The van der Waals surface area contributed by atoms with Gasteiger partial charge in [0.1, 0.15) is 0 Å². The van der Waals surface area contributed by atoms with Crippen LogP contribution in [0.4, 0.5) is 0 Å². The van der Waals surface area contributed by atoms with Crippen LogP contribution in [0.25, 0.3) is 0 Å². The van der Waals surface area contributed by atoms with E-state index in [0.717, 1.165) is 12.0 Å². The van der Waals surface area contributed by atoms with E-state index in [1.54, 1.807) is 12.1 Å². The van der Waals surface area contributed by atoms with E-state index in [0.29, 0.717) is 13.2 Å². The van der Waals surface area contributed by atoms with Gasteiger partial charge in [0.05, 0.1) is 24.3 Å². The van der Waals surface area contributed by atoms with Crippen LogP contribution < -0.4 is 0 Å². The van der Waals surface area contributed by atoms with Crippen molar-refractivity contribution >= 4 is 11.9 Å². The van der Waals surface area contributed by atoms with Crippen LogP contribution >= 0.6 is 0 Å². The first kappa shape index (κ1) is 18.2. The van der Waals surface area contributed by atoms with Crippen molar-refractivity contribution in [3.05, 3.63) is 34.9 Å². The van der Waals surface area contributed by atoms with Gasteiger partial charge in [0.2, 0.25) is 0 Å². The summed E-state index contributed by atoms with van der Waals surface area (Å²) in [6, 6.07) is 5.20. The van der Waals surface area contributed by atoms with Gasteiger partial charge in [-0.05, 0) is 36.0 Å². The molecule has 0 fully saturated rings. The van der Waals surface area contributed by atoms with E-state index in [1.807, 2.05) is 40.7 Å². The van der Waals surface area contributed by atoms with Crippen LogP contribution in [0.3, 0.4) is 0 Å². The third-order valence-electron chi connectivity index (χ3n) is 3.03. The van der Waals surface area contributed by atoms with Gasteiger partial charge >= 0.3 is 11.9 Å². The molecule has 122 valence electrons. The van der Waals surface area contributed by atoms with Crippen molar-refractivity contribution in [1.82, 2.24) is 0 Å². The minimum atomic E-state index is -0.479. The number of hydrogen-bond acceptors (Lipinski definition) is 4. The number of aryl methyl sites for hydroxylation is 1. The monoisotopic (exact) mass is 306 g/mol. The molecular weight excluding hydrogens is 280 g/mol. The second-order valence-electron chi connectivity index (χ2n) is 6.22. The van der Waals surface area contributed by atoms with Gasteiger partial charge in [-0.25, -0.2) is 9.59 Å². The fourth-order valence-corrected chi connectivity index (χ4v) is 1.80. The molecule has 0 aliphatic heterocycles. The van der Waals surface area contributed by atoms with Gasteiger partial charge in [-0.15, -0.1) is 0 Å². The molecule has 0 saturated carbocycles. The maximum absolute atomic E-state index is 12.3. The number of benzene rings is 1. The summed E-state index contributed by atoms with van der Waals surface area (Å²) in [6.07, 6.45) is 0.784. The molecule has 0 bridgehead atoms. The van der Waals surface area contributed by atoms with Crippen molar-refractivity contribution in [3.63, 3.8) is 0 Å². The Kier molecular flexibility index (Phi) is 7.09. The number of carbonyl (C=O) groups is 2. The van der Waals surface area contributed by atoms with Crippen LogP contribution in [0, 0.1) is 11.8 Å². The molecule has 0 aliphatic rings. The van der Waals surface area contributed by atoms with E-state index in [-0.39, 0.29) is 23.0 Å². The lowest BCUT2D eigenvalue weighted by Crippen LogP contribution is -2.17. The summed E-state index contributed by atoms with van der Waals surface area (Å²) in [5.74, 6) is -0.460. The first-order chi connectivity index (χ1) is 10.3. The van der Waals surface area contributed by atoms with Crippen LogP contribution in [-0.2, 0) is 15.9 Å². The summed E-state index contributed by atoms with van der Waals surface area (Å²) in [6.45, 7) is 10.5. The summed E-state index contributed by atoms with van der Waals surface area (Å²) in [7, 11) is 0. The van der Waals surface area contributed by atoms with Gasteiger partial charge in [0, 0.05) is 0 Å². The molecule has 22 heavy (non-hydrogen) atoms. The third-order valence-corrected chi connectivity index (χ3v) is 3.03. The van der Waals surface area contributed by atoms with Crippen LogP contribution in [0.2, 0.25) is 0 Å². The molecule has 4 heteroatoms. The Morgan fingerprint density at radius 3 is 1.86 bits per heavy atom. The molecule has 0 N–H and O–H groups in total. The lowest BCUT2D eigenvalue weighted by Gasteiger charge is -2.13. The zero-order valence-corrected chi connectivity index (χ0v) is 14.1. The molecule has 0 aliphatic carbocycles. The number of ether oxygens (including phenoxy) is 2. The highest BCUT2D eigenvalue weighted by Gasteiger charge is 2.20. The highest BCUT2D eigenvalue weighted by atomic mass is 16.5. The Labute approximate surface area is 132 Å². The number of rotatable bonds is 7. The van der Waals surface area contributed by atoms with Crippen LogP contribution in [0.1, 0.15) is 60.9 Å². The molecule has 0 amide bonds. The van der Waals surface area contributed by atoms with Gasteiger partial charge < -0.3 is 9.47 Å². The topological polar surface area (TPSA) is 52.6 Å². The molecule has 0 unspecified atom stereocenters. The largest absolute Gasteiger partial charge is 0.462 e. The minimum absolute atomic E-state index is 0.245. The lowest BCUT2D eigenvalue weighted by atomic mass is 10.0. The smallest absolute Gasteiger partial charge is 0.339 e. The third kappa shape index (κ3) is 5.51. The minimum Gasteiger partial charge on any atom is -0.462 e. The van der Waals surface area contributed by atoms with E-state index >= 15 is 0 Å². The summed E-state index contributed by atoms with van der Waals surface area (Å²) < 4.78 is 10.5. The molecule has 4 nitrogen and oxygen atoms in total. The number of hydrogen-bond donors (Lipinski definition) is 0. The molecule has 1 aromatic carbocycles. The van der Waals surface area contributed by atoms with Gasteiger partial charge in [-0.1, -0.05) is 40.7 Å². The van der Waals surface area contributed by atoms with Gasteiger partial charge in [0.15, 0.2) is 0 Å². The van der Waals surface area contributed by atoms with E-state index in [9.17, 15) is 9.59 Å². The Balaban J connectivity index is 3.00. The van der Waals surface area contributed by atoms with E-state index in [2.05, 4.69) is 0 Å². The van der Waals surface area contributed by atoms with Crippen molar-refractivity contribution < 1.29 is 19.1 Å². The van der Waals surface area contributed by atoms with Crippen molar-refractivity contribution in [2.24, 2.45) is 11.8 Å². The molecule has 1 rings (SSSR count). The highest BCUT2D eigenvalue weighted by molar-refractivity contribution is 6.03. The summed E-state index contributed by atoms with van der Waals surface area (Å²) in [5.41, 5.74) is 1.54. The lowest BCUT2D eigenvalue weighted by molar-refractivity contribution is 0.0412. The first-order valence-electron chi connectivity index (χ1n) is 7.82. The van der Waals surface area contributed by atoms with Gasteiger partial charge in [0.25, 0.3) is 0 Å². The molecule has 0 heterocycles. The van der Waals surface area contributed by atoms with Crippen molar-refractivity contribution in [2.75, 3.05) is 13.2 Å². The standard InChI is InChI=1S/C18H26O4/c1-6-14-7-8-15(17(19)21-10-12(2)3)16(9-14)18(20)22-11-13(4)5/h7-9,12-13H,6,10-11H2,1-5H3. The number of esters is 2. The Bertz CT molecular complexity index is 518. The fourth-order valence-electron chi connectivity index (χ4n) is 1.80. The van der Waals surface area contributed by atoms with E-state index in [1.165, 1.54) is 0 Å². The van der Waals surface area contributed by atoms with Gasteiger partial charge in [-0.3, -0.25) is 0 Å². The van der Waals surface area contributed by atoms with E-state index in [4.69, 9.17) is 9.47 Å². The predicted octanol–water partition coefficient (Wildman–Crippen LogP) is 3.87. The molecule has 0 atom stereocenters. The maximum Gasteiger partial charge on any atom is 0.339 e. The van der Waals surface area contributed by atoms with Crippen molar-refractivity contribution in [1.29, 1.82) is 0 Å². The predicted molar refractivity (Wildman–Crippen MR) is 86.1 cm³/mol. The van der Waals surface area contributed by atoms with Gasteiger partial charge in [-0.2, -0.15) is 0 Å². The first-order valence-corrected chi connectivity index (χ1v) is 7.82. The molecule has 0 aromatic heterocycles. The molecular formula is C18H26O4. The normalized spacial score (nSPS) is 10.9. The second-order valence-corrected chi connectivity index (χ2v) is 6.22. The average molecular weight is 306 g/mol. The summed E-state index contributed by atoms with van der Waals surface area (Å²) >= 11 is 0. The van der Waals surface area contributed by atoms with Crippen molar-refractivity contribution in [2.45, 2.75) is 41.0 Å². The highest BCUT2D eigenvalue weighted by Crippen LogP contribution is 2.16. The van der Waals surface area contributed by atoms with E-state index < -0.39 is 11.9 Å². The fraction of sp³-hybridized carbons (Fsp3) is 0.556.